The number of imidazole rings is 1. The Kier molecular flexibility index (Phi) is 3.23. The number of carbonyl (C=O) groups is 1. The first-order valence-electron chi connectivity index (χ1n) is 5.30. The molecule has 0 aliphatic heterocycles. The van der Waals surface area contributed by atoms with E-state index in [0.717, 1.165) is 11.8 Å². The Morgan fingerprint density at radius 3 is 2.94 bits per heavy atom. The van der Waals surface area contributed by atoms with E-state index in [1.165, 1.54) is 18.2 Å². The molecule has 2 aromatic rings. The van der Waals surface area contributed by atoms with Gasteiger partial charge in [0.05, 0.1) is 5.69 Å². The van der Waals surface area contributed by atoms with Crippen LogP contribution in [0.3, 0.4) is 0 Å². The van der Waals surface area contributed by atoms with Crippen molar-refractivity contribution in [3.05, 3.63) is 47.7 Å². The Bertz CT molecular complexity index is 617. The molecule has 0 bridgehead atoms. The van der Waals surface area contributed by atoms with Gasteiger partial charge in [0.25, 0.3) is 0 Å². The molecule has 1 aromatic carbocycles. The van der Waals surface area contributed by atoms with Gasteiger partial charge >= 0.3 is 5.97 Å². The summed E-state index contributed by atoms with van der Waals surface area (Å²) >= 11 is 0. The predicted molar refractivity (Wildman–Crippen MR) is 65.4 cm³/mol. The lowest BCUT2D eigenvalue weighted by atomic mass is 10.1. The van der Waals surface area contributed by atoms with E-state index in [1.807, 2.05) is 0 Å². The molecule has 5 heteroatoms. The number of aryl methyl sites for hydroxylation is 1. The van der Waals surface area contributed by atoms with Gasteiger partial charge < -0.3 is 10.1 Å². The van der Waals surface area contributed by atoms with Crippen LogP contribution in [0.5, 0.6) is 0 Å². The molecule has 0 unspecified atom stereocenters. The third-order valence-corrected chi connectivity index (χ3v) is 2.38. The predicted octanol–water partition coefficient (Wildman–Crippen LogP) is 2.62. The lowest BCUT2D eigenvalue weighted by Crippen LogP contribution is -1.86. The van der Waals surface area contributed by atoms with Gasteiger partial charge in [-0.25, -0.2) is 14.2 Å². The van der Waals surface area contributed by atoms with E-state index in [4.69, 9.17) is 5.11 Å². The van der Waals surface area contributed by atoms with E-state index in [-0.39, 0.29) is 5.82 Å². The molecule has 0 spiro atoms. The second-order valence-corrected chi connectivity index (χ2v) is 3.78. The van der Waals surface area contributed by atoms with Crippen molar-refractivity contribution in [1.82, 2.24) is 9.97 Å². The van der Waals surface area contributed by atoms with E-state index < -0.39 is 5.97 Å². The minimum atomic E-state index is -1.05. The molecule has 0 fully saturated rings. The Balaban J connectivity index is 2.38. The number of hydrogen-bond donors (Lipinski definition) is 2. The molecule has 2 rings (SSSR count). The average molecular weight is 246 g/mol. The number of nitrogens with one attached hydrogen (secondary N) is 1. The van der Waals surface area contributed by atoms with Crippen LogP contribution < -0.4 is 0 Å². The van der Waals surface area contributed by atoms with Gasteiger partial charge in [0, 0.05) is 17.3 Å². The maximum atomic E-state index is 13.1. The first-order chi connectivity index (χ1) is 8.56. The van der Waals surface area contributed by atoms with Crippen molar-refractivity contribution in [3.63, 3.8) is 0 Å². The number of carboxylic acids is 1. The molecule has 0 saturated carbocycles. The Morgan fingerprint density at radius 1 is 1.50 bits per heavy atom. The highest BCUT2D eigenvalue weighted by Crippen LogP contribution is 2.22. The molecule has 1 heterocycles. The SMILES string of the molecule is Cc1[nH]c(/C=C/C(=O)O)nc1-c1cccc(F)c1. The maximum absolute atomic E-state index is 13.1. The van der Waals surface area contributed by atoms with E-state index in [1.54, 1.807) is 19.1 Å². The van der Waals surface area contributed by atoms with E-state index in [2.05, 4.69) is 9.97 Å². The summed E-state index contributed by atoms with van der Waals surface area (Å²) in [7, 11) is 0. The summed E-state index contributed by atoms with van der Waals surface area (Å²) in [4.78, 5) is 17.6. The number of rotatable bonds is 3. The zero-order chi connectivity index (χ0) is 13.1. The largest absolute Gasteiger partial charge is 0.478 e. The number of aliphatic carboxylic acids is 1. The van der Waals surface area contributed by atoms with Gasteiger partial charge in [0.2, 0.25) is 0 Å². The minimum absolute atomic E-state index is 0.336. The zero-order valence-corrected chi connectivity index (χ0v) is 9.64. The first-order valence-corrected chi connectivity index (χ1v) is 5.30. The van der Waals surface area contributed by atoms with Crippen molar-refractivity contribution >= 4 is 12.0 Å². The van der Waals surface area contributed by atoms with Crippen LogP contribution in [-0.4, -0.2) is 21.0 Å². The van der Waals surface area contributed by atoms with Gasteiger partial charge in [0.1, 0.15) is 11.6 Å². The monoisotopic (exact) mass is 246 g/mol. The highest BCUT2D eigenvalue weighted by Gasteiger charge is 2.08. The van der Waals surface area contributed by atoms with Crippen molar-refractivity contribution in [2.45, 2.75) is 6.92 Å². The number of hydrogen-bond acceptors (Lipinski definition) is 2. The van der Waals surface area contributed by atoms with Crippen LogP contribution in [-0.2, 0) is 4.79 Å². The summed E-state index contributed by atoms with van der Waals surface area (Å²) in [5, 5.41) is 8.53. The van der Waals surface area contributed by atoms with Crippen LogP contribution >= 0.6 is 0 Å². The van der Waals surface area contributed by atoms with Crippen molar-refractivity contribution in [2.75, 3.05) is 0 Å². The molecule has 0 radical (unpaired) electrons. The summed E-state index contributed by atoms with van der Waals surface area (Å²) in [6.45, 7) is 1.80. The van der Waals surface area contributed by atoms with E-state index >= 15 is 0 Å². The van der Waals surface area contributed by atoms with Gasteiger partial charge in [-0.1, -0.05) is 12.1 Å². The van der Waals surface area contributed by atoms with Gasteiger partial charge in [-0.05, 0) is 25.1 Å². The van der Waals surface area contributed by atoms with Crippen LogP contribution in [0, 0.1) is 12.7 Å². The summed E-state index contributed by atoms with van der Waals surface area (Å²) in [6, 6.07) is 6.09. The summed E-state index contributed by atoms with van der Waals surface area (Å²) in [6.07, 6.45) is 2.35. The van der Waals surface area contributed by atoms with Crippen molar-refractivity contribution in [3.8, 4) is 11.3 Å². The van der Waals surface area contributed by atoms with Gasteiger partial charge in [-0.2, -0.15) is 0 Å². The molecule has 4 nitrogen and oxygen atoms in total. The number of aromatic amines is 1. The molecule has 0 saturated heterocycles. The molecular weight excluding hydrogens is 235 g/mol. The van der Waals surface area contributed by atoms with Crippen molar-refractivity contribution in [2.24, 2.45) is 0 Å². The number of benzene rings is 1. The second-order valence-electron chi connectivity index (χ2n) is 3.78. The normalized spacial score (nSPS) is 11.0. The topological polar surface area (TPSA) is 66.0 Å². The minimum Gasteiger partial charge on any atom is -0.478 e. The second kappa shape index (κ2) is 4.83. The van der Waals surface area contributed by atoms with E-state index in [9.17, 15) is 9.18 Å². The summed E-state index contributed by atoms with van der Waals surface area (Å²) in [5.74, 6) is -0.956. The van der Waals surface area contributed by atoms with Gasteiger partial charge in [-0.3, -0.25) is 0 Å². The Morgan fingerprint density at radius 2 is 2.28 bits per heavy atom. The number of H-pyrrole nitrogens is 1. The summed E-state index contributed by atoms with van der Waals surface area (Å²) < 4.78 is 13.1. The summed E-state index contributed by atoms with van der Waals surface area (Å²) in [5.41, 5.74) is 2.02. The lowest BCUT2D eigenvalue weighted by Gasteiger charge is -1.97. The molecule has 92 valence electrons. The standard InChI is InChI=1S/C13H11FN2O2/c1-8-13(9-3-2-4-10(14)7-9)16-11(15-8)5-6-12(17)18/h2-7H,1H3,(H,15,16)(H,17,18)/b6-5+. The van der Waals surface area contributed by atoms with Crippen LogP contribution in [0.25, 0.3) is 17.3 Å². The van der Waals surface area contributed by atoms with Crippen LogP contribution in [0.1, 0.15) is 11.5 Å². The third kappa shape index (κ3) is 2.63. The van der Waals surface area contributed by atoms with Crippen LogP contribution in [0.4, 0.5) is 4.39 Å². The quantitative estimate of drug-likeness (QED) is 0.818. The third-order valence-electron chi connectivity index (χ3n) is 2.38. The van der Waals surface area contributed by atoms with Crippen molar-refractivity contribution < 1.29 is 14.3 Å². The van der Waals surface area contributed by atoms with Crippen LogP contribution in [0.2, 0.25) is 0 Å². The molecule has 0 atom stereocenters. The Hall–Kier alpha value is -2.43. The van der Waals surface area contributed by atoms with Crippen molar-refractivity contribution in [1.29, 1.82) is 0 Å². The fourth-order valence-electron chi connectivity index (χ4n) is 1.63. The number of halogens is 1. The van der Waals surface area contributed by atoms with E-state index in [0.29, 0.717) is 17.1 Å². The molecule has 0 aliphatic rings. The highest BCUT2D eigenvalue weighted by atomic mass is 19.1. The molecule has 0 aliphatic carbocycles. The number of nitrogens with zero attached hydrogens (tertiary/aromatic N) is 1. The molecule has 1 aromatic heterocycles. The number of aromatic nitrogens is 2. The maximum Gasteiger partial charge on any atom is 0.328 e. The molecule has 0 amide bonds. The first kappa shape index (κ1) is 12.0. The zero-order valence-electron chi connectivity index (χ0n) is 9.64. The average Bonchev–Trinajstić information content (AvgIpc) is 2.68. The Labute approximate surface area is 103 Å². The van der Waals surface area contributed by atoms with Gasteiger partial charge in [-0.15, -0.1) is 0 Å². The fourth-order valence-corrected chi connectivity index (χ4v) is 1.63. The highest BCUT2D eigenvalue weighted by molar-refractivity contribution is 5.84. The number of carboxylic acid groups (broad SMARTS) is 1. The van der Waals surface area contributed by atoms with Crippen LogP contribution in [0.15, 0.2) is 30.3 Å². The lowest BCUT2D eigenvalue weighted by molar-refractivity contribution is -0.131. The molecule has 18 heavy (non-hydrogen) atoms. The fraction of sp³-hybridized carbons (Fsp3) is 0.0769. The molecular formula is C13H11FN2O2. The smallest absolute Gasteiger partial charge is 0.328 e. The molecule has 2 N–H and O–H groups in total. The van der Waals surface area contributed by atoms with Gasteiger partial charge in [0.15, 0.2) is 0 Å².